The highest BCUT2D eigenvalue weighted by Gasteiger charge is 2.32. The van der Waals surface area contributed by atoms with Gasteiger partial charge in [-0.2, -0.15) is 0 Å². The third-order valence-electron chi connectivity index (χ3n) is 4.34. The van der Waals surface area contributed by atoms with Crippen LogP contribution in [0.1, 0.15) is 64.2 Å². The maximum atomic E-state index is 12.3. The predicted octanol–water partition coefficient (Wildman–Crippen LogP) is 4.32. The first-order valence-electron chi connectivity index (χ1n) is 6.97. The molecule has 0 N–H and O–H groups in total. The van der Waals surface area contributed by atoms with Gasteiger partial charge in [-0.25, -0.2) is 0 Å². The highest BCUT2D eigenvalue weighted by atomic mass is 35.5. The van der Waals surface area contributed by atoms with Crippen molar-refractivity contribution in [1.29, 1.82) is 0 Å². The van der Waals surface area contributed by atoms with Crippen LogP contribution in [0.5, 0.6) is 0 Å². The summed E-state index contributed by atoms with van der Waals surface area (Å²) >= 11 is 6.39. The second-order valence-electron chi connectivity index (χ2n) is 5.54. The van der Waals surface area contributed by atoms with E-state index in [1.165, 1.54) is 51.4 Å². The molecule has 0 spiro atoms. The fourth-order valence-electron chi connectivity index (χ4n) is 3.27. The third kappa shape index (κ3) is 3.00. The number of carbonyl (C=O) groups is 1. The molecule has 0 heterocycles. The zero-order chi connectivity index (χ0) is 11.4. The van der Waals surface area contributed by atoms with Gasteiger partial charge in [0.05, 0.1) is 5.38 Å². The Balaban J connectivity index is 1.86. The van der Waals surface area contributed by atoms with Gasteiger partial charge in [-0.15, -0.1) is 11.6 Å². The van der Waals surface area contributed by atoms with Crippen molar-refractivity contribution in [3.05, 3.63) is 0 Å². The van der Waals surface area contributed by atoms with Gasteiger partial charge in [0.25, 0.3) is 0 Å². The van der Waals surface area contributed by atoms with Gasteiger partial charge in [0.2, 0.25) is 0 Å². The number of hydrogen-bond donors (Lipinski definition) is 0. The molecule has 1 atom stereocenters. The first kappa shape index (κ1) is 12.4. The molecule has 0 aromatic carbocycles. The Morgan fingerprint density at radius 1 is 0.875 bits per heavy atom. The summed E-state index contributed by atoms with van der Waals surface area (Å²) in [5.74, 6) is 1.14. The van der Waals surface area contributed by atoms with Crippen molar-refractivity contribution >= 4 is 17.4 Å². The third-order valence-corrected chi connectivity index (χ3v) is 4.91. The summed E-state index contributed by atoms with van der Waals surface area (Å²) < 4.78 is 0. The maximum absolute atomic E-state index is 12.3. The van der Waals surface area contributed by atoms with Crippen molar-refractivity contribution < 1.29 is 4.79 Å². The van der Waals surface area contributed by atoms with Crippen LogP contribution in [0.25, 0.3) is 0 Å². The normalized spacial score (nSPS) is 26.6. The van der Waals surface area contributed by atoms with Gasteiger partial charge in [0.15, 0.2) is 5.78 Å². The van der Waals surface area contributed by atoms with E-state index in [1.54, 1.807) is 0 Å². The van der Waals surface area contributed by atoms with Crippen LogP contribution in [0.15, 0.2) is 0 Å². The topological polar surface area (TPSA) is 17.1 Å². The molecule has 2 aliphatic rings. The van der Waals surface area contributed by atoms with E-state index in [1.807, 2.05) is 0 Å². The Kier molecular flexibility index (Phi) is 4.69. The van der Waals surface area contributed by atoms with Gasteiger partial charge in [-0.05, 0) is 31.6 Å². The molecule has 0 aliphatic heterocycles. The van der Waals surface area contributed by atoms with E-state index >= 15 is 0 Å². The van der Waals surface area contributed by atoms with Crippen molar-refractivity contribution in [2.24, 2.45) is 11.8 Å². The van der Waals surface area contributed by atoms with Crippen molar-refractivity contribution in [2.45, 2.75) is 69.6 Å². The Morgan fingerprint density at radius 2 is 1.38 bits per heavy atom. The first-order chi connectivity index (χ1) is 7.79. The second kappa shape index (κ2) is 6.05. The minimum Gasteiger partial charge on any atom is -0.298 e. The fraction of sp³-hybridized carbons (Fsp3) is 0.929. The smallest absolute Gasteiger partial charge is 0.154 e. The van der Waals surface area contributed by atoms with Crippen LogP contribution < -0.4 is 0 Å². The molecule has 2 aliphatic carbocycles. The van der Waals surface area contributed by atoms with E-state index in [4.69, 9.17) is 11.6 Å². The number of hydrogen-bond acceptors (Lipinski definition) is 1. The zero-order valence-electron chi connectivity index (χ0n) is 10.1. The maximum Gasteiger partial charge on any atom is 0.154 e. The SMILES string of the molecule is O=C(C1CCCCC1)C(Cl)C1CCCCC1. The number of carbonyl (C=O) groups excluding carboxylic acids is 1. The predicted molar refractivity (Wildman–Crippen MR) is 67.8 cm³/mol. The fourth-order valence-corrected chi connectivity index (χ4v) is 3.70. The molecular formula is C14H23ClO. The minimum atomic E-state index is -0.177. The van der Waals surface area contributed by atoms with Gasteiger partial charge in [0.1, 0.15) is 0 Å². The van der Waals surface area contributed by atoms with E-state index in [2.05, 4.69) is 0 Å². The quantitative estimate of drug-likeness (QED) is 0.674. The number of Topliss-reactive ketones (excluding diaryl/α,β-unsaturated/α-hetero) is 1. The number of halogens is 1. The lowest BCUT2D eigenvalue weighted by atomic mass is 9.79. The van der Waals surface area contributed by atoms with Gasteiger partial charge in [-0.1, -0.05) is 38.5 Å². The number of alkyl halides is 1. The molecule has 0 saturated heterocycles. The number of ketones is 1. The molecule has 1 nitrogen and oxygen atoms in total. The van der Waals surface area contributed by atoms with Crippen molar-refractivity contribution in [1.82, 2.24) is 0 Å². The molecule has 0 aromatic rings. The molecule has 16 heavy (non-hydrogen) atoms. The molecule has 1 unspecified atom stereocenters. The van der Waals surface area contributed by atoms with Gasteiger partial charge in [-0.3, -0.25) is 4.79 Å². The monoisotopic (exact) mass is 242 g/mol. The van der Waals surface area contributed by atoms with Gasteiger partial charge < -0.3 is 0 Å². The van der Waals surface area contributed by atoms with E-state index in [-0.39, 0.29) is 11.3 Å². The largest absolute Gasteiger partial charge is 0.298 e. The summed E-state index contributed by atoms with van der Waals surface area (Å²) in [4.78, 5) is 12.3. The molecule has 2 fully saturated rings. The molecule has 92 valence electrons. The molecule has 2 heteroatoms. The summed E-state index contributed by atoms with van der Waals surface area (Å²) in [6, 6.07) is 0. The van der Waals surface area contributed by atoms with Crippen LogP contribution in [0.2, 0.25) is 0 Å². The van der Waals surface area contributed by atoms with Gasteiger partial charge >= 0.3 is 0 Å². The second-order valence-corrected chi connectivity index (χ2v) is 6.01. The summed E-state index contributed by atoms with van der Waals surface area (Å²) in [5.41, 5.74) is 0. The molecule has 0 amide bonds. The zero-order valence-corrected chi connectivity index (χ0v) is 10.8. The average molecular weight is 243 g/mol. The Hall–Kier alpha value is -0.0400. The summed E-state index contributed by atoms with van der Waals surface area (Å²) in [7, 11) is 0. The summed E-state index contributed by atoms with van der Waals surface area (Å²) in [5, 5.41) is -0.177. The van der Waals surface area contributed by atoms with E-state index < -0.39 is 0 Å². The number of rotatable bonds is 3. The molecule has 2 rings (SSSR count). The lowest BCUT2D eigenvalue weighted by Crippen LogP contribution is -2.32. The lowest BCUT2D eigenvalue weighted by Gasteiger charge is -2.29. The van der Waals surface area contributed by atoms with Crippen LogP contribution in [0, 0.1) is 11.8 Å². The van der Waals surface area contributed by atoms with Crippen molar-refractivity contribution in [2.75, 3.05) is 0 Å². The molecule has 0 aromatic heterocycles. The summed E-state index contributed by atoms with van der Waals surface area (Å²) in [6.07, 6.45) is 12.2. The minimum absolute atomic E-state index is 0.177. The molecular weight excluding hydrogens is 220 g/mol. The Bertz CT molecular complexity index is 227. The standard InChI is InChI=1S/C14H23ClO/c15-13(11-7-3-1-4-8-11)14(16)12-9-5-2-6-10-12/h11-13H,1-10H2. The Labute approximate surface area is 104 Å². The van der Waals surface area contributed by atoms with Crippen LogP contribution in [-0.2, 0) is 4.79 Å². The molecule has 0 bridgehead atoms. The van der Waals surface area contributed by atoms with Gasteiger partial charge in [0, 0.05) is 5.92 Å². The Morgan fingerprint density at radius 3 is 1.94 bits per heavy atom. The van der Waals surface area contributed by atoms with E-state index in [9.17, 15) is 4.79 Å². The average Bonchev–Trinajstić information content (AvgIpc) is 2.39. The molecule has 0 radical (unpaired) electrons. The highest BCUT2D eigenvalue weighted by Crippen LogP contribution is 2.34. The highest BCUT2D eigenvalue weighted by molar-refractivity contribution is 6.31. The van der Waals surface area contributed by atoms with E-state index in [0.29, 0.717) is 11.7 Å². The molecule has 2 saturated carbocycles. The van der Waals surface area contributed by atoms with Crippen molar-refractivity contribution in [3.8, 4) is 0 Å². The van der Waals surface area contributed by atoms with Crippen molar-refractivity contribution in [3.63, 3.8) is 0 Å². The van der Waals surface area contributed by atoms with Crippen LogP contribution >= 0.6 is 11.6 Å². The van der Waals surface area contributed by atoms with Crippen LogP contribution in [0.4, 0.5) is 0 Å². The van der Waals surface area contributed by atoms with Crippen LogP contribution in [-0.4, -0.2) is 11.2 Å². The summed E-state index contributed by atoms with van der Waals surface area (Å²) in [6.45, 7) is 0. The first-order valence-corrected chi connectivity index (χ1v) is 7.40. The van der Waals surface area contributed by atoms with Crippen LogP contribution in [0.3, 0.4) is 0 Å². The van der Waals surface area contributed by atoms with E-state index in [0.717, 1.165) is 12.8 Å². The lowest BCUT2D eigenvalue weighted by molar-refractivity contribution is -0.124.